The summed E-state index contributed by atoms with van der Waals surface area (Å²) in [5.74, 6) is -0.328. The largest absolute Gasteiger partial charge is 0.344 e. The third-order valence-electron chi connectivity index (χ3n) is 4.59. The summed E-state index contributed by atoms with van der Waals surface area (Å²) >= 11 is 12.2. The molecule has 0 aliphatic heterocycles. The molecule has 11 heteroatoms. The Labute approximate surface area is 171 Å². The Morgan fingerprint density at radius 2 is 1.93 bits per heavy atom. The lowest BCUT2D eigenvalue weighted by Gasteiger charge is -2.28. The third kappa shape index (κ3) is 4.35. The molecule has 0 bridgehead atoms. The zero-order valence-electron chi connectivity index (χ0n) is 14.2. The van der Waals surface area contributed by atoms with E-state index in [-0.39, 0.29) is 51.0 Å². The van der Waals surface area contributed by atoms with Gasteiger partial charge in [0.15, 0.2) is 5.69 Å². The van der Waals surface area contributed by atoms with Crippen LogP contribution < -0.4 is 11.1 Å². The van der Waals surface area contributed by atoms with Crippen LogP contribution in [0.25, 0.3) is 5.69 Å². The number of carbonyl (C=O) groups excluding carboxylic acids is 1. The summed E-state index contributed by atoms with van der Waals surface area (Å²) in [6.07, 6.45) is 5.27. The highest BCUT2D eigenvalue weighted by Gasteiger charge is 2.34. The van der Waals surface area contributed by atoms with Gasteiger partial charge in [0.1, 0.15) is 5.69 Å². The average molecular weight is 435 g/mol. The number of carbonyl (C=O) groups is 1. The smallest absolute Gasteiger partial charge is 0.272 e. The van der Waals surface area contributed by atoms with Crippen LogP contribution in [0.5, 0.6) is 0 Å². The first-order valence-corrected chi connectivity index (χ1v) is 8.83. The summed E-state index contributed by atoms with van der Waals surface area (Å²) in [7, 11) is 0. The van der Waals surface area contributed by atoms with Crippen molar-refractivity contribution in [3.8, 4) is 5.69 Å². The normalized spacial score (nSPS) is 15.2. The highest BCUT2D eigenvalue weighted by molar-refractivity contribution is 6.38. The minimum atomic E-state index is -0.586. The van der Waals surface area contributed by atoms with E-state index in [1.807, 2.05) is 0 Å². The molecular weight excluding hydrogens is 417 g/mol. The van der Waals surface area contributed by atoms with E-state index >= 15 is 0 Å². The molecule has 1 fully saturated rings. The van der Waals surface area contributed by atoms with Crippen molar-refractivity contribution in [2.45, 2.75) is 31.2 Å². The highest BCUT2D eigenvalue weighted by Crippen LogP contribution is 2.33. The van der Waals surface area contributed by atoms with Gasteiger partial charge in [0.05, 0.1) is 20.5 Å². The van der Waals surface area contributed by atoms with E-state index in [0.717, 1.165) is 25.7 Å². The molecule has 3 N–H and O–H groups in total. The number of rotatable bonds is 5. The molecule has 1 aliphatic rings. The number of hydrogen-bond donors (Lipinski definition) is 2. The van der Waals surface area contributed by atoms with Gasteiger partial charge in [-0.3, -0.25) is 14.9 Å². The number of halogens is 3. The molecule has 27 heavy (non-hydrogen) atoms. The standard InChI is InChI=1S/C16H17Cl2N5O3.ClH/c17-11-7-10(23(25)26)8-12(18)14(11)22-6-3-13(21-22)15(24)20-16(9-19)4-1-2-5-16;/h3,6-8H,1-2,4-5,9,19H2,(H,20,24);1H. The van der Waals surface area contributed by atoms with Gasteiger partial charge in [0.2, 0.25) is 0 Å². The van der Waals surface area contributed by atoms with E-state index in [9.17, 15) is 14.9 Å². The number of nitrogens with two attached hydrogens (primary N) is 1. The van der Waals surface area contributed by atoms with E-state index in [1.54, 1.807) is 0 Å². The number of amides is 1. The maximum atomic E-state index is 12.5. The van der Waals surface area contributed by atoms with Crippen LogP contribution in [0, 0.1) is 10.1 Å². The molecule has 1 aromatic heterocycles. The van der Waals surface area contributed by atoms with Gasteiger partial charge in [-0.25, -0.2) is 4.68 Å². The van der Waals surface area contributed by atoms with Crippen molar-refractivity contribution in [1.82, 2.24) is 15.1 Å². The molecule has 0 saturated heterocycles. The summed E-state index contributed by atoms with van der Waals surface area (Å²) in [4.78, 5) is 22.8. The van der Waals surface area contributed by atoms with Gasteiger partial charge >= 0.3 is 0 Å². The van der Waals surface area contributed by atoms with Gasteiger partial charge in [-0.05, 0) is 18.9 Å². The SMILES string of the molecule is Cl.NCC1(NC(=O)c2ccn(-c3c(Cl)cc([N+](=O)[O-])cc3Cl)n2)CCCC1. The van der Waals surface area contributed by atoms with Crippen molar-refractivity contribution in [2.24, 2.45) is 5.73 Å². The van der Waals surface area contributed by atoms with E-state index in [4.69, 9.17) is 28.9 Å². The van der Waals surface area contributed by atoms with Crippen molar-refractivity contribution in [3.63, 3.8) is 0 Å². The average Bonchev–Trinajstić information content (AvgIpc) is 3.24. The summed E-state index contributed by atoms with van der Waals surface area (Å²) in [5, 5.41) is 18.2. The summed E-state index contributed by atoms with van der Waals surface area (Å²) in [6, 6.07) is 3.90. The minimum Gasteiger partial charge on any atom is -0.344 e. The van der Waals surface area contributed by atoms with E-state index < -0.39 is 4.92 Å². The van der Waals surface area contributed by atoms with E-state index in [0.29, 0.717) is 6.54 Å². The monoisotopic (exact) mass is 433 g/mol. The van der Waals surface area contributed by atoms with Crippen molar-refractivity contribution in [1.29, 1.82) is 0 Å². The fraction of sp³-hybridized carbons (Fsp3) is 0.375. The van der Waals surface area contributed by atoms with Crippen LogP contribution in [0.2, 0.25) is 10.0 Å². The van der Waals surface area contributed by atoms with Crippen molar-refractivity contribution in [3.05, 3.63) is 50.2 Å². The van der Waals surface area contributed by atoms with Crippen LogP contribution in [0.3, 0.4) is 0 Å². The Balaban J connectivity index is 0.00000261. The van der Waals surface area contributed by atoms with Crippen LogP contribution in [-0.4, -0.2) is 32.7 Å². The quantitative estimate of drug-likeness (QED) is 0.552. The molecule has 1 heterocycles. The number of nitro benzene ring substituents is 1. The number of nitrogens with one attached hydrogen (secondary N) is 1. The van der Waals surface area contributed by atoms with Crippen LogP contribution in [-0.2, 0) is 0 Å². The molecule has 0 radical (unpaired) electrons. The second-order valence-electron chi connectivity index (χ2n) is 6.31. The Kier molecular flexibility index (Phi) is 6.69. The van der Waals surface area contributed by atoms with Crippen molar-refractivity contribution < 1.29 is 9.72 Å². The number of hydrogen-bond acceptors (Lipinski definition) is 5. The highest BCUT2D eigenvalue weighted by atomic mass is 35.5. The zero-order valence-corrected chi connectivity index (χ0v) is 16.5. The van der Waals surface area contributed by atoms with Crippen molar-refractivity contribution in [2.75, 3.05) is 6.54 Å². The fourth-order valence-corrected chi connectivity index (χ4v) is 3.83. The van der Waals surface area contributed by atoms with Gasteiger partial charge < -0.3 is 11.1 Å². The maximum absolute atomic E-state index is 12.5. The Hall–Kier alpha value is -1.87. The summed E-state index contributed by atoms with van der Waals surface area (Å²) in [6.45, 7) is 0.374. The zero-order chi connectivity index (χ0) is 18.9. The third-order valence-corrected chi connectivity index (χ3v) is 5.17. The predicted octanol–water partition coefficient (Wildman–Crippen LogP) is 3.51. The van der Waals surface area contributed by atoms with Crippen molar-refractivity contribution >= 4 is 47.2 Å². The number of nitro groups is 1. The number of nitrogens with zero attached hydrogens (tertiary/aromatic N) is 3. The second-order valence-corrected chi connectivity index (χ2v) is 7.12. The molecule has 1 saturated carbocycles. The van der Waals surface area contributed by atoms with Gasteiger partial charge in [-0.2, -0.15) is 5.10 Å². The van der Waals surface area contributed by atoms with Crippen LogP contribution in [0.15, 0.2) is 24.4 Å². The van der Waals surface area contributed by atoms with E-state index in [1.165, 1.54) is 29.1 Å². The first-order chi connectivity index (χ1) is 12.3. The predicted molar refractivity (Wildman–Crippen MR) is 105 cm³/mol. The molecule has 3 rings (SSSR count). The molecular formula is C16H18Cl3N5O3. The Morgan fingerprint density at radius 3 is 2.44 bits per heavy atom. The summed E-state index contributed by atoms with van der Waals surface area (Å²) in [5.41, 5.74) is 5.69. The Morgan fingerprint density at radius 1 is 1.33 bits per heavy atom. The molecule has 0 atom stereocenters. The topological polar surface area (TPSA) is 116 Å². The first-order valence-electron chi connectivity index (χ1n) is 8.07. The molecule has 8 nitrogen and oxygen atoms in total. The first kappa shape index (κ1) is 21.4. The molecule has 146 valence electrons. The minimum absolute atomic E-state index is 0. The van der Waals surface area contributed by atoms with Crippen LogP contribution in [0.1, 0.15) is 36.2 Å². The lowest BCUT2D eigenvalue weighted by molar-refractivity contribution is -0.384. The molecule has 1 aliphatic carbocycles. The van der Waals surface area contributed by atoms with Gasteiger partial charge in [-0.1, -0.05) is 36.0 Å². The molecule has 2 aromatic rings. The summed E-state index contributed by atoms with van der Waals surface area (Å²) < 4.78 is 1.33. The van der Waals surface area contributed by atoms with Gasteiger partial charge in [-0.15, -0.1) is 12.4 Å². The lowest BCUT2D eigenvalue weighted by atomic mass is 9.97. The van der Waals surface area contributed by atoms with Gasteiger partial charge in [0, 0.05) is 24.9 Å². The van der Waals surface area contributed by atoms with Crippen LogP contribution in [0.4, 0.5) is 5.69 Å². The molecule has 0 unspecified atom stereocenters. The fourth-order valence-electron chi connectivity index (χ4n) is 3.18. The van der Waals surface area contributed by atoms with Gasteiger partial charge in [0.25, 0.3) is 11.6 Å². The number of aromatic nitrogens is 2. The second kappa shape index (κ2) is 8.43. The maximum Gasteiger partial charge on any atom is 0.272 e. The molecule has 1 aromatic carbocycles. The number of benzene rings is 1. The van der Waals surface area contributed by atoms with E-state index in [2.05, 4.69) is 10.4 Å². The van der Waals surface area contributed by atoms with Crippen LogP contribution >= 0.6 is 35.6 Å². The Bertz CT molecular complexity index is 842. The lowest BCUT2D eigenvalue weighted by Crippen LogP contribution is -2.51. The molecule has 0 spiro atoms. The molecule has 1 amide bonds. The number of non-ortho nitro benzene ring substituents is 1.